The Bertz CT molecular complexity index is 981. The highest BCUT2D eigenvalue weighted by atomic mass is 31.2. The summed E-state index contributed by atoms with van der Waals surface area (Å²) in [5.74, 6) is -2.72. The summed E-state index contributed by atoms with van der Waals surface area (Å²) in [6.07, 6.45) is -5.91. The van der Waals surface area contributed by atoms with E-state index in [2.05, 4.69) is 4.99 Å². The first-order valence-electron chi connectivity index (χ1n) is 7.67. The molecule has 9 nitrogen and oxygen atoms in total. The SMILES string of the molecule is O=C1N=c2cc(C(F)(F)F)c(N3CCOCC3)cc2=[N+](CP(=O)(O)O)C1=O. The second-order valence-electron chi connectivity index (χ2n) is 5.91. The second-order valence-corrected chi connectivity index (χ2v) is 7.52. The zero-order valence-corrected chi connectivity index (χ0v) is 14.5. The van der Waals surface area contributed by atoms with Crippen LogP contribution in [0.4, 0.5) is 18.9 Å². The Labute approximate surface area is 149 Å². The molecular formula is C14H14F3N3O6P+. The summed E-state index contributed by atoms with van der Waals surface area (Å²) >= 11 is 0. The summed E-state index contributed by atoms with van der Waals surface area (Å²) in [7, 11) is -4.79. The number of halogens is 3. The molecule has 1 aromatic carbocycles. The molecule has 0 atom stereocenters. The van der Waals surface area contributed by atoms with Gasteiger partial charge in [-0.3, -0.25) is 9.36 Å². The van der Waals surface area contributed by atoms with Crippen LogP contribution in [0, 0.1) is 0 Å². The molecule has 2 N–H and O–H groups in total. The van der Waals surface area contributed by atoms with Gasteiger partial charge in [-0.1, -0.05) is 0 Å². The van der Waals surface area contributed by atoms with Crippen molar-refractivity contribution in [3.05, 3.63) is 28.4 Å². The third-order valence-electron chi connectivity index (χ3n) is 4.02. The van der Waals surface area contributed by atoms with E-state index >= 15 is 0 Å². The quantitative estimate of drug-likeness (QED) is 0.369. The van der Waals surface area contributed by atoms with Crippen LogP contribution in [0.3, 0.4) is 0 Å². The van der Waals surface area contributed by atoms with Crippen molar-refractivity contribution >= 4 is 25.1 Å². The molecular weight excluding hydrogens is 394 g/mol. The molecule has 2 aliphatic rings. The maximum atomic E-state index is 13.5. The van der Waals surface area contributed by atoms with E-state index in [9.17, 15) is 27.3 Å². The maximum Gasteiger partial charge on any atom is 0.480 e. The number of alkyl halides is 3. The predicted octanol–water partition coefficient (Wildman–Crippen LogP) is -1.15. The largest absolute Gasteiger partial charge is 0.480 e. The Morgan fingerprint density at radius 2 is 1.85 bits per heavy atom. The van der Waals surface area contributed by atoms with Crippen LogP contribution in [-0.2, 0) is 25.1 Å². The smallest absolute Gasteiger partial charge is 0.378 e. The van der Waals surface area contributed by atoms with Crippen molar-refractivity contribution in [3.8, 4) is 0 Å². The van der Waals surface area contributed by atoms with Gasteiger partial charge in [0.2, 0.25) is 5.36 Å². The molecule has 1 fully saturated rings. The first kappa shape index (κ1) is 19.6. The lowest BCUT2D eigenvalue weighted by molar-refractivity contribution is -0.139. The Hall–Kier alpha value is -2.14. The average molecular weight is 408 g/mol. The summed E-state index contributed by atoms with van der Waals surface area (Å²) < 4.78 is 57.5. The first-order valence-corrected chi connectivity index (χ1v) is 9.47. The Morgan fingerprint density at radius 1 is 1.22 bits per heavy atom. The van der Waals surface area contributed by atoms with Crippen molar-refractivity contribution in [2.24, 2.45) is 4.99 Å². The van der Waals surface area contributed by atoms with E-state index in [-0.39, 0.29) is 37.3 Å². The van der Waals surface area contributed by atoms with Gasteiger partial charge in [-0.2, -0.15) is 18.2 Å². The Balaban J connectivity index is 2.33. The van der Waals surface area contributed by atoms with Crippen LogP contribution in [0.5, 0.6) is 0 Å². The van der Waals surface area contributed by atoms with Gasteiger partial charge in [-0.15, -0.1) is 4.58 Å². The molecule has 0 saturated carbocycles. The minimum atomic E-state index is -4.79. The van der Waals surface area contributed by atoms with Crippen LogP contribution >= 0.6 is 7.60 Å². The standard InChI is InChI=1S/C14H13F3N3O6P/c15-14(16,17)8-5-9-11(6-10(8)19-1-3-26-4-2-19)20(7-27(23,24)25)13(22)12(21)18-9/h5-6H,1-4,7H2,(H-,23,24,25)/p+1. The predicted molar refractivity (Wildman–Crippen MR) is 83.4 cm³/mol. The summed E-state index contributed by atoms with van der Waals surface area (Å²) in [6, 6.07) is 1.59. The fraction of sp³-hybridized carbons (Fsp3) is 0.429. The highest BCUT2D eigenvalue weighted by molar-refractivity contribution is 7.51. The van der Waals surface area contributed by atoms with E-state index in [0.717, 1.165) is 6.07 Å². The molecule has 27 heavy (non-hydrogen) atoms. The van der Waals surface area contributed by atoms with Crippen molar-refractivity contribution in [3.63, 3.8) is 0 Å². The van der Waals surface area contributed by atoms with Crippen LogP contribution < -0.4 is 20.2 Å². The van der Waals surface area contributed by atoms with Crippen LogP contribution in [0.1, 0.15) is 5.56 Å². The van der Waals surface area contributed by atoms with Gasteiger partial charge in [0.1, 0.15) is 5.36 Å². The summed E-state index contributed by atoms with van der Waals surface area (Å²) in [6.45, 7) is 0.708. The summed E-state index contributed by atoms with van der Waals surface area (Å²) in [5, 5.41) is -0.741. The average Bonchev–Trinajstić information content (AvgIpc) is 2.57. The number of amides is 2. The molecule has 3 rings (SSSR count). The van der Waals surface area contributed by atoms with Gasteiger partial charge in [0.05, 0.1) is 24.5 Å². The normalized spacial score (nSPS) is 18.4. The zero-order chi connectivity index (χ0) is 20.0. The fourth-order valence-electron chi connectivity index (χ4n) is 2.87. The van der Waals surface area contributed by atoms with E-state index in [1.165, 1.54) is 4.90 Å². The number of nitrogens with zero attached hydrogens (tertiary/aromatic N) is 3. The molecule has 0 aliphatic carbocycles. The fourth-order valence-corrected chi connectivity index (χ4v) is 3.52. The number of carbonyl (C=O) groups is 2. The molecule has 1 aromatic rings. The maximum absolute atomic E-state index is 13.5. The minimum absolute atomic E-state index is 0.157. The van der Waals surface area contributed by atoms with Gasteiger partial charge in [-0.25, -0.2) is 4.79 Å². The Morgan fingerprint density at radius 3 is 2.41 bits per heavy atom. The highest BCUT2D eigenvalue weighted by Gasteiger charge is 2.40. The van der Waals surface area contributed by atoms with E-state index in [1.54, 1.807) is 0 Å². The number of ether oxygens (including phenoxy) is 1. The van der Waals surface area contributed by atoms with Crippen molar-refractivity contribution in [2.45, 2.75) is 6.18 Å². The van der Waals surface area contributed by atoms with Crippen LogP contribution in [0.2, 0.25) is 0 Å². The monoisotopic (exact) mass is 408 g/mol. The van der Waals surface area contributed by atoms with E-state index in [0.29, 0.717) is 10.6 Å². The molecule has 146 valence electrons. The van der Waals surface area contributed by atoms with Gasteiger partial charge in [-0.05, 0) is 6.07 Å². The number of fused-ring (bicyclic) bond motifs is 1. The van der Waals surface area contributed by atoms with E-state index < -0.39 is 42.8 Å². The zero-order valence-electron chi connectivity index (χ0n) is 13.6. The lowest BCUT2D eigenvalue weighted by Crippen LogP contribution is -2.52. The molecule has 2 amide bonds. The number of hydrogen-bond acceptors (Lipinski definition) is 5. The molecule has 0 aromatic heterocycles. The molecule has 2 aliphatic heterocycles. The van der Waals surface area contributed by atoms with Gasteiger partial charge in [0.25, 0.3) is 6.29 Å². The number of benzene rings is 1. The number of anilines is 1. The van der Waals surface area contributed by atoms with Gasteiger partial charge in [0.15, 0.2) is 0 Å². The molecule has 2 heterocycles. The van der Waals surface area contributed by atoms with E-state index in [1.807, 2.05) is 0 Å². The molecule has 13 heteroatoms. The van der Waals surface area contributed by atoms with Crippen molar-refractivity contribution < 1.29 is 41.8 Å². The Kier molecular flexibility index (Phi) is 4.93. The number of rotatable bonds is 3. The van der Waals surface area contributed by atoms with E-state index in [4.69, 9.17) is 14.5 Å². The lowest BCUT2D eigenvalue weighted by atomic mass is 10.1. The number of hydrogen-bond donors (Lipinski definition) is 2. The molecule has 0 spiro atoms. The van der Waals surface area contributed by atoms with Gasteiger partial charge < -0.3 is 19.4 Å². The van der Waals surface area contributed by atoms with Crippen molar-refractivity contribution in [1.29, 1.82) is 0 Å². The molecule has 0 bridgehead atoms. The third-order valence-corrected chi connectivity index (χ3v) is 4.67. The van der Waals surface area contributed by atoms with Gasteiger partial charge >= 0.3 is 25.6 Å². The van der Waals surface area contributed by atoms with Crippen molar-refractivity contribution in [1.82, 2.24) is 4.58 Å². The first-order chi connectivity index (χ1) is 12.5. The number of morpholine rings is 1. The second kappa shape index (κ2) is 6.79. The van der Waals surface area contributed by atoms with Crippen LogP contribution in [0.25, 0.3) is 0 Å². The number of carbonyl (C=O) groups excluding carboxylic acids is 2. The molecule has 0 unspecified atom stereocenters. The summed E-state index contributed by atoms with van der Waals surface area (Å²) in [4.78, 5) is 46.8. The topological polar surface area (TPSA) is 120 Å². The van der Waals surface area contributed by atoms with Crippen molar-refractivity contribution in [2.75, 3.05) is 37.5 Å². The van der Waals surface area contributed by atoms with Gasteiger partial charge in [0, 0.05) is 19.2 Å². The minimum Gasteiger partial charge on any atom is -0.378 e. The lowest BCUT2D eigenvalue weighted by Gasteiger charge is -2.30. The molecule has 1 saturated heterocycles. The third kappa shape index (κ3) is 4.08. The molecule has 0 radical (unpaired) electrons. The highest BCUT2D eigenvalue weighted by Crippen LogP contribution is 2.36. The van der Waals surface area contributed by atoms with Crippen LogP contribution in [-0.4, -0.2) is 54.2 Å². The summed E-state index contributed by atoms with van der Waals surface area (Å²) in [5.41, 5.74) is -1.34. The van der Waals surface area contributed by atoms with Crippen LogP contribution in [0.15, 0.2) is 17.1 Å².